The number of aliphatic hydroxyl groups excluding tert-OH is 1. The van der Waals surface area contributed by atoms with Crippen molar-refractivity contribution in [3.8, 4) is 0 Å². The molecule has 1 rings (SSSR count). The Balaban J connectivity index is 2.24. The van der Waals surface area contributed by atoms with Crippen molar-refractivity contribution in [2.45, 2.75) is 32.6 Å². The third-order valence-corrected chi connectivity index (χ3v) is 3.64. The lowest BCUT2D eigenvalue weighted by molar-refractivity contribution is 0.283. The Labute approximate surface area is 106 Å². The Morgan fingerprint density at radius 3 is 2.69 bits per heavy atom. The SMILES string of the molecule is Cc1cccc(NCCCCCCO)c1Br. The lowest BCUT2D eigenvalue weighted by Gasteiger charge is -2.09. The van der Waals surface area contributed by atoms with Gasteiger partial charge in [0.25, 0.3) is 0 Å². The van der Waals surface area contributed by atoms with E-state index in [0.29, 0.717) is 6.61 Å². The molecule has 0 aliphatic heterocycles. The first-order chi connectivity index (χ1) is 7.75. The van der Waals surface area contributed by atoms with Gasteiger partial charge in [-0.3, -0.25) is 0 Å². The molecule has 2 nitrogen and oxygen atoms in total. The molecule has 0 aromatic heterocycles. The van der Waals surface area contributed by atoms with E-state index >= 15 is 0 Å². The van der Waals surface area contributed by atoms with Crippen LogP contribution in [0.15, 0.2) is 22.7 Å². The molecule has 0 saturated heterocycles. The van der Waals surface area contributed by atoms with Crippen molar-refractivity contribution >= 4 is 21.6 Å². The molecule has 0 spiro atoms. The van der Waals surface area contributed by atoms with Crippen LogP contribution in [-0.4, -0.2) is 18.3 Å². The highest BCUT2D eigenvalue weighted by molar-refractivity contribution is 9.10. The average Bonchev–Trinajstić information content (AvgIpc) is 2.29. The number of unbranched alkanes of at least 4 members (excludes halogenated alkanes) is 3. The van der Waals surface area contributed by atoms with Crippen LogP contribution in [0.5, 0.6) is 0 Å². The van der Waals surface area contributed by atoms with Gasteiger partial charge in [-0.05, 0) is 47.3 Å². The Bertz CT molecular complexity index is 315. The summed E-state index contributed by atoms with van der Waals surface area (Å²) in [6, 6.07) is 6.25. The molecule has 1 aromatic rings. The first-order valence-corrected chi connectivity index (χ1v) is 6.65. The van der Waals surface area contributed by atoms with Crippen LogP contribution in [0.2, 0.25) is 0 Å². The summed E-state index contributed by atoms with van der Waals surface area (Å²) in [5, 5.41) is 12.1. The quantitative estimate of drug-likeness (QED) is 0.749. The van der Waals surface area contributed by atoms with Gasteiger partial charge in [0.15, 0.2) is 0 Å². The van der Waals surface area contributed by atoms with Crippen LogP contribution in [0, 0.1) is 6.92 Å². The van der Waals surface area contributed by atoms with Gasteiger partial charge in [0, 0.05) is 23.3 Å². The number of rotatable bonds is 7. The van der Waals surface area contributed by atoms with E-state index in [0.717, 1.165) is 30.3 Å². The van der Waals surface area contributed by atoms with E-state index in [-0.39, 0.29) is 0 Å². The molecule has 90 valence electrons. The van der Waals surface area contributed by atoms with E-state index in [2.05, 4.69) is 46.4 Å². The Morgan fingerprint density at radius 2 is 1.94 bits per heavy atom. The van der Waals surface area contributed by atoms with Crippen LogP contribution < -0.4 is 5.32 Å². The monoisotopic (exact) mass is 285 g/mol. The molecular formula is C13H20BrNO. The summed E-state index contributed by atoms with van der Waals surface area (Å²) in [6.07, 6.45) is 4.37. The highest BCUT2D eigenvalue weighted by Gasteiger charge is 2.00. The maximum absolute atomic E-state index is 8.65. The lowest BCUT2D eigenvalue weighted by Crippen LogP contribution is -2.02. The van der Waals surface area contributed by atoms with Crippen molar-refractivity contribution in [1.29, 1.82) is 0 Å². The predicted octanol–water partition coefficient (Wildman–Crippen LogP) is 3.72. The summed E-state index contributed by atoms with van der Waals surface area (Å²) in [5.41, 5.74) is 2.42. The minimum Gasteiger partial charge on any atom is -0.396 e. The number of halogens is 1. The molecule has 0 bridgehead atoms. The first-order valence-electron chi connectivity index (χ1n) is 5.85. The Hall–Kier alpha value is -0.540. The van der Waals surface area contributed by atoms with Gasteiger partial charge in [0.1, 0.15) is 0 Å². The fourth-order valence-electron chi connectivity index (χ4n) is 1.60. The highest BCUT2D eigenvalue weighted by Crippen LogP contribution is 2.25. The molecule has 0 heterocycles. The predicted molar refractivity (Wildman–Crippen MR) is 72.9 cm³/mol. The molecular weight excluding hydrogens is 266 g/mol. The molecule has 2 N–H and O–H groups in total. The van der Waals surface area contributed by atoms with Gasteiger partial charge < -0.3 is 10.4 Å². The summed E-state index contributed by atoms with van der Waals surface area (Å²) in [5.74, 6) is 0. The van der Waals surface area contributed by atoms with Gasteiger partial charge in [0.05, 0.1) is 0 Å². The number of nitrogens with one attached hydrogen (secondary N) is 1. The Kier molecular flexibility index (Phi) is 6.50. The van der Waals surface area contributed by atoms with E-state index < -0.39 is 0 Å². The maximum atomic E-state index is 8.65. The fourth-order valence-corrected chi connectivity index (χ4v) is 2.00. The molecule has 16 heavy (non-hydrogen) atoms. The fraction of sp³-hybridized carbons (Fsp3) is 0.538. The summed E-state index contributed by atoms with van der Waals surface area (Å²) in [6.45, 7) is 3.40. The van der Waals surface area contributed by atoms with Crippen LogP contribution in [-0.2, 0) is 0 Å². The molecule has 3 heteroatoms. The third-order valence-electron chi connectivity index (χ3n) is 2.59. The topological polar surface area (TPSA) is 32.3 Å². The largest absolute Gasteiger partial charge is 0.396 e. The van der Waals surface area contributed by atoms with Gasteiger partial charge in [0.2, 0.25) is 0 Å². The van der Waals surface area contributed by atoms with Gasteiger partial charge >= 0.3 is 0 Å². The van der Waals surface area contributed by atoms with Gasteiger partial charge in [-0.1, -0.05) is 25.0 Å². The molecule has 0 fully saturated rings. The number of benzene rings is 1. The summed E-state index contributed by atoms with van der Waals surface area (Å²) >= 11 is 3.58. The first kappa shape index (κ1) is 13.5. The standard InChI is InChI=1S/C13H20BrNO/c1-11-7-6-8-12(13(11)14)15-9-4-2-3-5-10-16/h6-8,15-16H,2-5,9-10H2,1H3. The van der Waals surface area contributed by atoms with Crippen LogP contribution in [0.3, 0.4) is 0 Å². The van der Waals surface area contributed by atoms with E-state index in [9.17, 15) is 0 Å². The highest BCUT2D eigenvalue weighted by atomic mass is 79.9. The summed E-state index contributed by atoms with van der Waals surface area (Å²) in [7, 11) is 0. The number of anilines is 1. The minimum absolute atomic E-state index is 0.316. The number of hydrogen-bond donors (Lipinski definition) is 2. The number of hydrogen-bond acceptors (Lipinski definition) is 2. The summed E-state index contributed by atoms with van der Waals surface area (Å²) in [4.78, 5) is 0. The molecule has 0 atom stereocenters. The van der Waals surface area contributed by atoms with Gasteiger partial charge in [-0.2, -0.15) is 0 Å². The molecule has 0 saturated carbocycles. The van der Waals surface area contributed by atoms with Crippen LogP contribution in [0.4, 0.5) is 5.69 Å². The number of aliphatic hydroxyl groups is 1. The van der Waals surface area contributed by atoms with Crippen molar-refractivity contribution < 1.29 is 5.11 Å². The Morgan fingerprint density at radius 1 is 1.19 bits per heavy atom. The van der Waals surface area contributed by atoms with Crippen molar-refractivity contribution in [1.82, 2.24) is 0 Å². The van der Waals surface area contributed by atoms with Gasteiger partial charge in [-0.25, -0.2) is 0 Å². The zero-order valence-electron chi connectivity index (χ0n) is 9.80. The zero-order chi connectivity index (χ0) is 11.8. The molecule has 0 unspecified atom stereocenters. The molecule has 0 amide bonds. The summed E-state index contributed by atoms with van der Waals surface area (Å²) < 4.78 is 1.16. The van der Waals surface area contributed by atoms with E-state index in [1.807, 2.05) is 0 Å². The number of aryl methyl sites for hydroxylation is 1. The van der Waals surface area contributed by atoms with Crippen molar-refractivity contribution in [3.63, 3.8) is 0 Å². The lowest BCUT2D eigenvalue weighted by atomic mass is 10.2. The second-order valence-corrected chi connectivity index (χ2v) is 4.79. The smallest absolute Gasteiger partial charge is 0.0487 e. The van der Waals surface area contributed by atoms with Crippen molar-refractivity contribution in [3.05, 3.63) is 28.2 Å². The van der Waals surface area contributed by atoms with E-state index in [1.165, 1.54) is 17.7 Å². The van der Waals surface area contributed by atoms with Crippen molar-refractivity contribution in [2.75, 3.05) is 18.5 Å². The van der Waals surface area contributed by atoms with Gasteiger partial charge in [-0.15, -0.1) is 0 Å². The molecule has 1 aromatic carbocycles. The third kappa shape index (κ3) is 4.54. The van der Waals surface area contributed by atoms with E-state index in [4.69, 9.17) is 5.11 Å². The average molecular weight is 286 g/mol. The molecule has 0 radical (unpaired) electrons. The molecule has 0 aliphatic rings. The second-order valence-electron chi connectivity index (χ2n) is 4.00. The molecule has 0 aliphatic carbocycles. The second kappa shape index (κ2) is 7.69. The normalized spacial score (nSPS) is 10.4. The van der Waals surface area contributed by atoms with Crippen LogP contribution in [0.1, 0.15) is 31.2 Å². The van der Waals surface area contributed by atoms with E-state index in [1.54, 1.807) is 0 Å². The maximum Gasteiger partial charge on any atom is 0.0487 e. The van der Waals surface area contributed by atoms with Crippen molar-refractivity contribution in [2.24, 2.45) is 0 Å². The van der Waals surface area contributed by atoms with Crippen LogP contribution in [0.25, 0.3) is 0 Å². The zero-order valence-corrected chi connectivity index (χ0v) is 11.4. The van der Waals surface area contributed by atoms with Crippen LogP contribution >= 0.6 is 15.9 Å². The minimum atomic E-state index is 0.316.